The van der Waals surface area contributed by atoms with Crippen molar-refractivity contribution in [3.63, 3.8) is 0 Å². The van der Waals surface area contributed by atoms with Crippen LogP contribution in [0.1, 0.15) is 6.92 Å². The number of carbonyl (C=O) groups is 2. The second-order valence-electron chi connectivity index (χ2n) is 3.63. The minimum atomic E-state index is -1.03. The van der Waals surface area contributed by atoms with Crippen molar-refractivity contribution in [1.82, 2.24) is 0 Å². The van der Waals surface area contributed by atoms with Gasteiger partial charge in [-0.05, 0) is 12.5 Å². The van der Waals surface area contributed by atoms with Crippen molar-refractivity contribution in [2.75, 3.05) is 5.75 Å². The molecular weight excluding hydrogens is 272 g/mol. The van der Waals surface area contributed by atoms with Gasteiger partial charge in [0.05, 0.1) is 9.95 Å². The Labute approximate surface area is 112 Å². The van der Waals surface area contributed by atoms with Crippen molar-refractivity contribution in [3.05, 3.63) is 23.1 Å². The van der Waals surface area contributed by atoms with Gasteiger partial charge in [-0.15, -0.1) is 6.58 Å². The van der Waals surface area contributed by atoms with Gasteiger partial charge in [-0.1, -0.05) is 29.6 Å². The number of amides is 1. The Kier molecular flexibility index (Phi) is 3.72. The molecule has 0 radical (unpaired) electrons. The van der Waals surface area contributed by atoms with Crippen LogP contribution in [0.4, 0.5) is 0 Å². The third-order valence-electron chi connectivity index (χ3n) is 2.43. The van der Waals surface area contributed by atoms with Gasteiger partial charge in [0.15, 0.2) is 5.17 Å². The molecule has 2 heterocycles. The number of carboxylic acid groups (broad SMARTS) is 1. The Morgan fingerprint density at radius 3 is 2.94 bits per heavy atom. The maximum absolute atomic E-state index is 11.9. The number of hydrogen-bond acceptors (Lipinski definition) is 5. The smallest absolute Gasteiger partial charge is 0.342 e. The highest BCUT2D eigenvalue weighted by molar-refractivity contribution is 8.19. The minimum absolute atomic E-state index is 0.178. The molecule has 0 aromatic carbocycles. The summed E-state index contributed by atoms with van der Waals surface area (Å²) >= 11 is 2.35. The molecule has 7 heteroatoms. The molecule has 1 atom stereocenters. The molecule has 0 aromatic rings. The van der Waals surface area contributed by atoms with E-state index in [2.05, 4.69) is 16.6 Å². The molecule has 18 heavy (non-hydrogen) atoms. The topological polar surface area (TPSA) is 79.1 Å². The van der Waals surface area contributed by atoms with Crippen molar-refractivity contribution in [2.24, 2.45) is 15.9 Å². The third-order valence-corrected chi connectivity index (χ3v) is 4.51. The van der Waals surface area contributed by atoms with Gasteiger partial charge in [-0.25, -0.2) is 9.79 Å². The highest BCUT2D eigenvalue weighted by Gasteiger charge is 2.40. The summed E-state index contributed by atoms with van der Waals surface area (Å²) in [4.78, 5) is 31.2. The second-order valence-corrected chi connectivity index (χ2v) is 5.65. The molecule has 2 rings (SSSR count). The molecule has 0 bridgehead atoms. The van der Waals surface area contributed by atoms with Crippen molar-refractivity contribution in [3.8, 4) is 0 Å². The molecule has 0 aliphatic carbocycles. The summed E-state index contributed by atoms with van der Waals surface area (Å²) in [7, 11) is 0. The number of amidine groups is 1. The predicted molar refractivity (Wildman–Crippen MR) is 73.9 cm³/mol. The molecule has 1 unspecified atom stereocenters. The first-order valence-electron chi connectivity index (χ1n) is 5.11. The van der Waals surface area contributed by atoms with Crippen molar-refractivity contribution >= 4 is 45.6 Å². The van der Waals surface area contributed by atoms with Gasteiger partial charge < -0.3 is 5.11 Å². The molecule has 2 aliphatic heterocycles. The zero-order valence-corrected chi connectivity index (χ0v) is 11.2. The quantitative estimate of drug-likeness (QED) is 0.800. The number of fused-ring (bicyclic) bond motifs is 1. The highest BCUT2D eigenvalue weighted by Crippen LogP contribution is 2.41. The van der Waals surface area contributed by atoms with Crippen LogP contribution < -0.4 is 0 Å². The number of carbonyl (C=O) groups excluding carboxylic acids is 1. The summed E-state index contributed by atoms with van der Waals surface area (Å²) in [5.41, 5.74) is 0.521. The van der Waals surface area contributed by atoms with E-state index in [1.807, 2.05) is 0 Å². The van der Waals surface area contributed by atoms with Crippen LogP contribution in [0.2, 0.25) is 0 Å². The Balaban J connectivity index is 2.28. The van der Waals surface area contributed by atoms with Crippen LogP contribution >= 0.6 is 23.5 Å². The van der Waals surface area contributed by atoms with E-state index in [4.69, 9.17) is 5.11 Å². The fraction of sp³-hybridized carbons (Fsp3) is 0.273. The zero-order chi connectivity index (χ0) is 13.3. The highest BCUT2D eigenvalue weighted by atomic mass is 32.2. The first-order chi connectivity index (χ1) is 8.54. The van der Waals surface area contributed by atoms with Crippen LogP contribution in [0.5, 0.6) is 0 Å². The number of aliphatic imine (C=N–C) groups is 2. The van der Waals surface area contributed by atoms with Crippen LogP contribution in [0, 0.1) is 5.92 Å². The number of nitrogens with zero attached hydrogens (tertiary/aromatic N) is 2. The SMILES string of the molecule is C=CCSC1=NC(=O)C2C(=N1)SC(C(=O)O)=C2C. The lowest BCUT2D eigenvalue weighted by atomic mass is 10.0. The van der Waals surface area contributed by atoms with Crippen LogP contribution in [-0.4, -0.2) is 32.9 Å². The zero-order valence-electron chi connectivity index (χ0n) is 9.54. The molecule has 2 aliphatic rings. The van der Waals surface area contributed by atoms with E-state index in [9.17, 15) is 9.59 Å². The van der Waals surface area contributed by atoms with E-state index in [0.717, 1.165) is 11.8 Å². The average Bonchev–Trinajstić information content (AvgIpc) is 2.64. The van der Waals surface area contributed by atoms with E-state index in [1.54, 1.807) is 13.0 Å². The van der Waals surface area contributed by atoms with Gasteiger partial charge in [0.25, 0.3) is 5.91 Å². The lowest BCUT2D eigenvalue weighted by Gasteiger charge is -2.13. The molecule has 0 spiro atoms. The monoisotopic (exact) mass is 282 g/mol. The molecule has 0 aromatic heterocycles. The third kappa shape index (κ3) is 2.28. The van der Waals surface area contributed by atoms with E-state index in [0.29, 0.717) is 21.5 Å². The molecule has 5 nitrogen and oxygen atoms in total. The summed E-state index contributed by atoms with van der Waals surface area (Å²) in [6, 6.07) is 0. The lowest BCUT2D eigenvalue weighted by molar-refractivity contribution is -0.131. The summed E-state index contributed by atoms with van der Waals surface area (Å²) in [5, 5.41) is 9.91. The average molecular weight is 282 g/mol. The second kappa shape index (κ2) is 5.11. The summed E-state index contributed by atoms with van der Waals surface area (Å²) in [6.45, 7) is 5.22. The first-order valence-corrected chi connectivity index (χ1v) is 6.91. The summed E-state index contributed by atoms with van der Waals surface area (Å²) in [5.74, 6) is -1.36. The van der Waals surface area contributed by atoms with E-state index in [-0.39, 0.29) is 10.8 Å². The maximum atomic E-state index is 11.9. The summed E-state index contributed by atoms with van der Waals surface area (Å²) in [6.07, 6.45) is 1.69. The van der Waals surface area contributed by atoms with Gasteiger partial charge in [0.1, 0.15) is 5.92 Å². The standard InChI is InChI=1S/C11H10N2O3S2/c1-3-4-17-11-12-8(14)6-5(2)7(10(15)16)18-9(6)13-11/h3,6H,1,4H2,2H3,(H,15,16). The Morgan fingerprint density at radius 1 is 1.61 bits per heavy atom. The van der Waals surface area contributed by atoms with Crippen LogP contribution in [0.15, 0.2) is 33.1 Å². The largest absolute Gasteiger partial charge is 0.477 e. The lowest BCUT2D eigenvalue weighted by Crippen LogP contribution is -2.23. The number of thioether (sulfide) groups is 2. The molecule has 1 N–H and O–H groups in total. The minimum Gasteiger partial charge on any atom is -0.477 e. The van der Waals surface area contributed by atoms with Gasteiger partial charge in [-0.3, -0.25) is 4.79 Å². The van der Waals surface area contributed by atoms with Crippen molar-refractivity contribution < 1.29 is 14.7 Å². The molecule has 0 saturated carbocycles. The Bertz CT molecular complexity index is 534. The number of hydrogen-bond donors (Lipinski definition) is 1. The van der Waals surface area contributed by atoms with E-state index in [1.165, 1.54) is 11.8 Å². The first kappa shape index (κ1) is 13.1. The van der Waals surface area contributed by atoms with Gasteiger partial charge in [0, 0.05) is 5.75 Å². The molecular formula is C11H10N2O3S2. The normalized spacial score (nSPS) is 22.5. The fourth-order valence-electron chi connectivity index (χ4n) is 1.63. The Morgan fingerprint density at radius 2 is 2.33 bits per heavy atom. The van der Waals surface area contributed by atoms with Crippen molar-refractivity contribution in [1.29, 1.82) is 0 Å². The van der Waals surface area contributed by atoms with E-state index >= 15 is 0 Å². The number of aliphatic carboxylic acids is 1. The molecule has 94 valence electrons. The van der Waals surface area contributed by atoms with Crippen LogP contribution in [0.25, 0.3) is 0 Å². The fourth-order valence-corrected chi connectivity index (χ4v) is 3.37. The molecule has 0 fully saturated rings. The molecule has 1 amide bonds. The number of carboxylic acids is 1. The number of rotatable bonds is 3. The van der Waals surface area contributed by atoms with Crippen LogP contribution in [0.3, 0.4) is 0 Å². The van der Waals surface area contributed by atoms with Gasteiger partial charge in [0.2, 0.25) is 0 Å². The summed E-state index contributed by atoms with van der Waals surface area (Å²) < 4.78 is 0. The molecule has 0 saturated heterocycles. The van der Waals surface area contributed by atoms with Crippen molar-refractivity contribution in [2.45, 2.75) is 6.92 Å². The maximum Gasteiger partial charge on any atom is 0.342 e. The van der Waals surface area contributed by atoms with Crippen LogP contribution in [-0.2, 0) is 9.59 Å². The van der Waals surface area contributed by atoms with Gasteiger partial charge >= 0.3 is 5.97 Å². The predicted octanol–water partition coefficient (Wildman–Crippen LogP) is 1.92. The van der Waals surface area contributed by atoms with Gasteiger partial charge in [-0.2, -0.15) is 4.99 Å². The Hall–Kier alpha value is -1.34. The van der Waals surface area contributed by atoms with E-state index < -0.39 is 11.9 Å².